The maximum atomic E-state index is 12.6. The molecule has 0 saturated heterocycles. The van der Waals surface area contributed by atoms with Gasteiger partial charge in [-0.3, -0.25) is 0 Å². The minimum absolute atomic E-state index is 0.0585. The average Bonchev–Trinajstić information content (AvgIpc) is 3.28. The summed E-state index contributed by atoms with van der Waals surface area (Å²) in [5, 5.41) is 9.45. The van der Waals surface area contributed by atoms with Crippen molar-refractivity contribution < 1.29 is 14.6 Å². The molecule has 0 aliphatic heterocycles. The van der Waals surface area contributed by atoms with Gasteiger partial charge in [-0.05, 0) is 109 Å². The zero-order valence-corrected chi connectivity index (χ0v) is 25.5. The number of carbonyl (C=O) groups is 1. The Morgan fingerprint density at radius 1 is 0.950 bits per heavy atom. The van der Waals surface area contributed by atoms with E-state index < -0.39 is 0 Å². The molecular weight excluding hydrogens is 492 g/mol. The molecule has 2 unspecified atom stereocenters. The normalized spacial score (nSPS) is 35.1. The molecule has 0 spiro atoms. The topological polar surface area (TPSA) is 46.5 Å². The highest BCUT2D eigenvalue weighted by molar-refractivity contribution is 5.87. The molecule has 0 amide bonds. The first-order valence-electron chi connectivity index (χ1n) is 15.8. The van der Waals surface area contributed by atoms with Crippen LogP contribution in [0, 0.1) is 46.3 Å². The maximum Gasteiger partial charge on any atom is 0.331 e. The molecule has 8 atom stereocenters. The minimum Gasteiger partial charge on any atom is -0.508 e. The number of esters is 1. The molecule has 3 saturated carbocycles. The highest BCUT2D eigenvalue weighted by Gasteiger charge is 2.57. The Balaban J connectivity index is 1.26. The number of carbonyl (C=O) groups excluding carboxylic acids is 1. The summed E-state index contributed by atoms with van der Waals surface area (Å²) in [7, 11) is 0. The number of hydrogen-bond donors (Lipinski definition) is 1. The molecule has 1 aromatic rings. The van der Waals surface area contributed by atoms with E-state index >= 15 is 0 Å². The summed E-state index contributed by atoms with van der Waals surface area (Å²) in [5.74, 6) is 3.98. The van der Waals surface area contributed by atoms with Gasteiger partial charge in [0.1, 0.15) is 11.9 Å². The fourth-order valence-electron chi connectivity index (χ4n) is 8.63. The van der Waals surface area contributed by atoms with Gasteiger partial charge in [-0.2, -0.15) is 0 Å². The van der Waals surface area contributed by atoms with Crippen LogP contribution < -0.4 is 0 Å². The predicted octanol–water partition coefficient (Wildman–Crippen LogP) is 9.30. The van der Waals surface area contributed by atoms with Gasteiger partial charge in [-0.15, -0.1) is 0 Å². The fourth-order valence-corrected chi connectivity index (χ4v) is 8.63. The monoisotopic (exact) mass is 542 g/mol. The number of allylic oxidation sites excluding steroid dienone is 5. The van der Waals surface area contributed by atoms with Crippen LogP contribution in [0.5, 0.6) is 5.75 Å². The molecule has 3 nitrogen and oxygen atoms in total. The van der Waals surface area contributed by atoms with E-state index in [-0.39, 0.29) is 23.2 Å². The Morgan fingerprint density at radius 3 is 2.42 bits per heavy atom. The van der Waals surface area contributed by atoms with E-state index in [0.717, 1.165) is 30.7 Å². The zero-order chi connectivity index (χ0) is 28.7. The minimum atomic E-state index is -0.286. The van der Waals surface area contributed by atoms with Crippen molar-refractivity contribution in [3.63, 3.8) is 0 Å². The van der Waals surface area contributed by atoms with Crippen LogP contribution in [-0.2, 0) is 9.53 Å². The van der Waals surface area contributed by atoms with Crippen LogP contribution >= 0.6 is 0 Å². The summed E-state index contributed by atoms with van der Waals surface area (Å²) in [6.07, 6.45) is 21.2. The van der Waals surface area contributed by atoms with Crippen molar-refractivity contribution in [3.8, 4) is 5.75 Å². The van der Waals surface area contributed by atoms with Gasteiger partial charge in [0.25, 0.3) is 0 Å². The Morgan fingerprint density at radius 2 is 1.70 bits per heavy atom. The second kappa shape index (κ2) is 11.4. The molecule has 3 fully saturated rings. The van der Waals surface area contributed by atoms with Crippen molar-refractivity contribution >= 4 is 12.0 Å². The average molecular weight is 543 g/mol. The van der Waals surface area contributed by atoms with E-state index in [0.29, 0.717) is 35.0 Å². The van der Waals surface area contributed by atoms with Gasteiger partial charge in [0.2, 0.25) is 0 Å². The molecule has 40 heavy (non-hydrogen) atoms. The SMILES string of the molecule is CC(C)[C@@H](C)/C=C/[C@@H](C)[C@H]1CCC2C3=CC=C4C[C@@H](OC(=O)/C=C/c5ccc(O)cc5)CC[C@]4(C)C3CC[C@@]21C. The van der Waals surface area contributed by atoms with Crippen LogP contribution in [0.2, 0.25) is 0 Å². The first-order valence-corrected chi connectivity index (χ1v) is 15.8. The lowest BCUT2D eigenvalue weighted by Crippen LogP contribution is -2.46. The highest BCUT2D eigenvalue weighted by Crippen LogP contribution is 2.66. The summed E-state index contributed by atoms with van der Waals surface area (Å²) in [6.45, 7) is 14.5. The van der Waals surface area contributed by atoms with Gasteiger partial charge in [0, 0.05) is 12.5 Å². The van der Waals surface area contributed by atoms with Crippen molar-refractivity contribution in [2.45, 2.75) is 92.6 Å². The molecule has 0 radical (unpaired) electrons. The van der Waals surface area contributed by atoms with E-state index in [2.05, 4.69) is 65.8 Å². The highest BCUT2D eigenvalue weighted by atomic mass is 16.5. The summed E-state index contributed by atoms with van der Waals surface area (Å²) in [5.41, 5.74) is 4.65. The van der Waals surface area contributed by atoms with Gasteiger partial charge >= 0.3 is 5.97 Å². The van der Waals surface area contributed by atoms with Crippen LogP contribution in [0.25, 0.3) is 6.08 Å². The van der Waals surface area contributed by atoms with Gasteiger partial charge in [-0.25, -0.2) is 4.79 Å². The lowest BCUT2D eigenvalue weighted by Gasteiger charge is -2.55. The number of phenols is 1. The number of rotatable bonds is 7. The van der Waals surface area contributed by atoms with Crippen LogP contribution in [0.3, 0.4) is 0 Å². The van der Waals surface area contributed by atoms with Crippen molar-refractivity contribution in [3.05, 3.63) is 71.4 Å². The molecule has 1 aromatic carbocycles. The van der Waals surface area contributed by atoms with Gasteiger partial charge < -0.3 is 9.84 Å². The van der Waals surface area contributed by atoms with Crippen molar-refractivity contribution in [2.75, 3.05) is 0 Å². The third kappa shape index (κ3) is 5.50. The van der Waals surface area contributed by atoms with E-state index in [9.17, 15) is 9.90 Å². The fraction of sp³-hybridized carbons (Fsp3) is 0.595. The third-order valence-electron chi connectivity index (χ3n) is 11.6. The number of ether oxygens (including phenoxy) is 1. The molecular formula is C37H50O3. The van der Waals surface area contributed by atoms with Crippen LogP contribution in [0.15, 0.2) is 65.8 Å². The molecule has 5 rings (SSSR count). The number of fused-ring (bicyclic) bond motifs is 5. The predicted molar refractivity (Wildman–Crippen MR) is 164 cm³/mol. The zero-order valence-electron chi connectivity index (χ0n) is 25.5. The van der Waals surface area contributed by atoms with Crippen LogP contribution in [-0.4, -0.2) is 17.2 Å². The Bertz CT molecular complexity index is 1200. The summed E-state index contributed by atoms with van der Waals surface area (Å²) in [4.78, 5) is 12.6. The molecule has 216 valence electrons. The second-order valence-corrected chi connectivity index (χ2v) is 14.2. The number of benzene rings is 1. The summed E-state index contributed by atoms with van der Waals surface area (Å²) >= 11 is 0. The van der Waals surface area contributed by atoms with Gasteiger partial charge in [-0.1, -0.05) is 89.1 Å². The van der Waals surface area contributed by atoms with Gasteiger partial charge in [0.15, 0.2) is 0 Å². The largest absolute Gasteiger partial charge is 0.508 e. The van der Waals surface area contributed by atoms with E-state index in [1.807, 2.05) is 0 Å². The molecule has 1 N–H and O–H groups in total. The Hall–Kier alpha value is -2.55. The number of phenolic OH excluding ortho intramolecular Hbond substituents is 1. The number of hydrogen-bond acceptors (Lipinski definition) is 3. The van der Waals surface area contributed by atoms with Crippen LogP contribution in [0.1, 0.15) is 92.1 Å². The van der Waals surface area contributed by atoms with Crippen molar-refractivity contribution in [2.24, 2.45) is 46.3 Å². The van der Waals surface area contributed by atoms with E-state index in [1.165, 1.54) is 37.3 Å². The molecule has 3 heteroatoms. The first kappa shape index (κ1) is 29.0. The lowest BCUT2D eigenvalue weighted by atomic mass is 9.50. The third-order valence-corrected chi connectivity index (χ3v) is 11.6. The lowest BCUT2D eigenvalue weighted by molar-refractivity contribution is -0.144. The van der Waals surface area contributed by atoms with Crippen LogP contribution in [0.4, 0.5) is 0 Å². The smallest absolute Gasteiger partial charge is 0.331 e. The number of aromatic hydroxyl groups is 1. The quantitative estimate of drug-likeness (QED) is 0.212. The molecule has 0 heterocycles. The molecule has 4 aliphatic rings. The summed E-state index contributed by atoms with van der Waals surface area (Å²) < 4.78 is 5.90. The van der Waals surface area contributed by atoms with Gasteiger partial charge in [0.05, 0.1) is 0 Å². The Labute approximate surface area is 242 Å². The molecule has 0 aromatic heterocycles. The van der Waals surface area contributed by atoms with Crippen molar-refractivity contribution in [1.29, 1.82) is 0 Å². The molecule has 0 bridgehead atoms. The standard InChI is InChI=1S/C37H50O3/c1-24(2)25(3)7-8-26(4)32-16-17-33-31-15-12-28-23-30(19-21-36(28,5)34(31)20-22-37(32,33)6)40-35(39)18-11-27-9-13-29(38)14-10-27/h7-15,18,24-26,30,32-34,38H,16-17,19-23H2,1-6H3/b8-7+,18-11+/t25-,26+,30-,32+,33?,34?,36-,37+/m0/s1. The molecule has 4 aliphatic carbocycles. The van der Waals surface area contributed by atoms with E-state index in [4.69, 9.17) is 4.74 Å². The Kier molecular flexibility index (Phi) is 8.24. The summed E-state index contributed by atoms with van der Waals surface area (Å²) in [6, 6.07) is 6.81. The van der Waals surface area contributed by atoms with Crippen molar-refractivity contribution in [1.82, 2.24) is 0 Å². The second-order valence-electron chi connectivity index (χ2n) is 14.2. The van der Waals surface area contributed by atoms with E-state index in [1.54, 1.807) is 35.9 Å². The first-order chi connectivity index (χ1) is 19.0. The maximum absolute atomic E-state index is 12.6.